The third-order valence-electron chi connectivity index (χ3n) is 2.16. The lowest BCUT2D eigenvalue weighted by molar-refractivity contribution is 0.256. The summed E-state index contributed by atoms with van der Waals surface area (Å²) in [5, 5.41) is 2.23. The molecular formula is C8H11N5O4S. The molecule has 1 aliphatic rings. The van der Waals surface area contributed by atoms with E-state index in [0.717, 1.165) is 12.8 Å². The van der Waals surface area contributed by atoms with Crippen LogP contribution >= 0.6 is 0 Å². The lowest BCUT2D eigenvalue weighted by Gasteiger charge is -2.06. The number of rotatable bonds is 4. The van der Waals surface area contributed by atoms with Gasteiger partial charge in [-0.05, 0) is 12.8 Å². The van der Waals surface area contributed by atoms with E-state index in [0.29, 0.717) is 5.82 Å². The molecule has 1 aliphatic carbocycles. The van der Waals surface area contributed by atoms with Crippen molar-refractivity contribution in [3.05, 3.63) is 5.82 Å². The van der Waals surface area contributed by atoms with Crippen LogP contribution in [0.3, 0.4) is 0 Å². The van der Waals surface area contributed by atoms with Crippen LogP contribution in [0.5, 0.6) is 6.01 Å². The SMILES string of the molecule is COc1nc(NC(=O)NS(=O)O)nc(C2CC2)n1. The molecule has 0 aromatic carbocycles. The highest BCUT2D eigenvalue weighted by molar-refractivity contribution is 7.77. The van der Waals surface area contributed by atoms with Crippen LogP contribution < -0.4 is 14.8 Å². The molecule has 1 aromatic heterocycles. The van der Waals surface area contributed by atoms with Crippen LogP contribution in [0, 0.1) is 0 Å². The molecule has 1 fully saturated rings. The van der Waals surface area contributed by atoms with E-state index in [1.165, 1.54) is 7.11 Å². The molecule has 18 heavy (non-hydrogen) atoms. The van der Waals surface area contributed by atoms with Crippen molar-refractivity contribution in [1.29, 1.82) is 0 Å². The Kier molecular flexibility index (Phi) is 3.67. The van der Waals surface area contributed by atoms with Gasteiger partial charge in [0.25, 0.3) is 11.3 Å². The topological polar surface area (TPSA) is 126 Å². The predicted molar refractivity (Wildman–Crippen MR) is 61.3 cm³/mol. The van der Waals surface area contributed by atoms with Crippen molar-refractivity contribution in [3.63, 3.8) is 0 Å². The van der Waals surface area contributed by atoms with Gasteiger partial charge in [-0.1, -0.05) is 0 Å². The van der Waals surface area contributed by atoms with Crippen LogP contribution in [-0.2, 0) is 11.3 Å². The van der Waals surface area contributed by atoms with Gasteiger partial charge in [-0.3, -0.25) is 9.87 Å². The van der Waals surface area contributed by atoms with E-state index >= 15 is 0 Å². The van der Waals surface area contributed by atoms with Crippen LogP contribution in [0.2, 0.25) is 0 Å². The maximum Gasteiger partial charge on any atom is 0.335 e. The molecule has 0 saturated heterocycles. The van der Waals surface area contributed by atoms with Crippen LogP contribution in [0.25, 0.3) is 0 Å². The maximum atomic E-state index is 11.2. The fraction of sp³-hybridized carbons (Fsp3) is 0.500. The molecule has 0 bridgehead atoms. The van der Waals surface area contributed by atoms with Crippen molar-refractivity contribution < 1.29 is 18.3 Å². The Hall–Kier alpha value is -1.81. The van der Waals surface area contributed by atoms with E-state index in [1.54, 1.807) is 4.72 Å². The molecular weight excluding hydrogens is 262 g/mol. The number of anilines is 1. The van der Waals surface area contributed by atoms with E-state index in [1.807, 2.05) is 0 Å². The number of carbonyl (C=O) groups excluding carboxylic acids is 1. The Labute approximate surface area is 105 Å². The van der Waals surface area contributed by atoms with Crippen LogP contribution in [0.1, 0.15) is 24.6 Å². The number of nitrogens with zero attached hydrogens (tertiary/aromatic N) is 3. The molecule has 1 unspecified atom stereocenters. The van der Waals surface area contributed by atoms with Crippen molar-refractivity contribution >= 4 is 23.2 Å². The highest BCUT2D eigenvalue weighted by Crippen LogP contribution is 2.38. The Morgan fingerprint density at radius 3 is 2.72 bits per heavy atom. The van der Waals surface area contributed by atoms with Gasteiger partial charge in [0.15, 0.2) is 0 Å². The number of carbonyl (C=O) groups is 1. The van der Waals surface area contributed by atoms with E-state index in [-0.39, 0.29) is 17.9 Å². The molecule has 2 rings (SSSR count). The number of ether oxygens (including phenoxy) is 1. The van der Waals surface area contributed by atoms with Gasteiger partial charge in [-0.25, -0.2) is 13.7 Å². The molecule has 1 aromatic rings. The molecule has 1 atom stereocenters. The summed E-state index contributed by atoms with van der Waals surface area (Å²) in [4.78, 5) is 23.1. The highest BCUT2D eigenvalue weighted by atomic mass is 32.2. The van der Waals surface area contributed by atoms with Gasteiger partial charge in [0.05, 0.1) is 7.11 Å². The zero-order valence-electron chi connectivity index (χ0n) is 9.41. The molecule has 0 spiro atoms. The van der Waals surface area contributed by atoms with E-state index in [4.69, 9.17) is 9.29 Å². The average Bonchev–Trinajstić information content (AvgIpc) is 3.10. The number of methoxy groups -OCH3 is 1. The molecule has 0 aliphatic heterocycles. The Morgan fingerprint density at radius 2 is 2.17 bits per heavy atom. The smallest absolute Gasteiger partial charge is 0.335 e. The zero-order chi connectivity index (χ0) is 13.1. The van der Waals surface area contributed by atoms with Crippen molar-refractivity contribution in [2.45, 2.75) is 18.8 Å². The molecule has 9 nitrogen and oxygen atoms in total. The third-order valence-corrected chi connectivity index (χ3v) is 2.52. The summed E-state index contributed by atoms with van der Waals surface area (Å²) in [6.45, 7) is 0. The first-order chi connectivity index (χ1) is 8.58. The molecule has 10 heteroatoms. The normalized spacial score (nSPS) is 15.9. The molecule has 1 saturated carbocycles. The molecule has 1 heterocycles. The van der Waals surface area contributed by atoms with E-state index in [2.05, 4.69) is 20.3 Å². The minimum Gasteiger partial charge on any atom is -0.467 e. The monoisotopic (exact) mass is 273 g/mol. The molecule has 0 radical (unpaired) electrons. The lowest BCUT2D eigenvalue weighted by atomic mass is 10.4. The van der Waals surface area contributed by atoms with Gasteiger partial charge in [-0.15, -0.1) is 0 Å². The second-order valence-corrected chi connectivity index (χ2v) is 4.29. The summed E-state index contributed by atoms with van der Waals surface area (Å²) < 4.78 is 25.5. The second kappa shape index (κ2) is 5.23. The first-order valence-electron chi connectivity index (χ1n) is 5.07. The van der Waals surface area contributed by atoms with Crippen LogP contribution in [0.4, 0.5) is 10.7 Å². The summed E-state index contributed by atoms with van der Waals surface area (Å²) in [5.41, 5.74) is 0. The van der Waals surface area contributed by atoms with Crippen LogP contribution in [0.15, 0.2) is 0 Å². The van der Waals surface area contributed by atoms with Crippen molar-refractivity contribution in [3.8, 4) is 6.01 Å². The van der Waals surface area contributed by atoms with E-state index in [9.17, 15) is 9.00 Å². The number of hydrogen-bond donors (Lipinski definition) is 3. The number of urea groups is 1. The third kappa shape index (κ3) is 3.34. The Bertz CT molecular complexity index is 492. The minimum absolute atomic E-state index is 0.0216. The first-order valence-corrected chi connectivity index (χ1v) is 6.17. The number of hydrogen-bond acceptors (Lipinski definition) is 6. The quantitative estimate of drug-likeness (QED) is 0.660. The summed E-state index contributed by atoms with van der Waals surface area (Å²) in [6.07, 6.45) is 1.97. The summed E-state index contributed by atoms with van der Waals surface area (Å²) in [7, 11) is 1.40. The number of nitrogens with one attached hydrogen (secondary N) is 2. The zero-order valence-corrected chi connectivity index (χ0v) is 10.2. The summed E-state index contributed by atoms with van der Waals surface area (Å²) >= 11 is -2.44. The second-order valence-electron chi connectivity index (χ2n) is 3.58. The van der Waals surface area contributed by atoms with Crippen molar-refractivity contribution in [2.24, 2.45) is 0 Å². The van der Waals surface area contributed by atoms with Crippen molar-refractivity contribution in [1.82, 2.24) is 19.7 Å². The number of aromatic nitrogens is 3. The van der Waals surface area contributed by atoms with Crippen molar-refractivity contribution in [2.75, 3.05) is 12.4 Å². The van der Waals surface area contributed by atoms with Gasteiger partial charge < -0.3 is 4.74 Å². The van der Waals surface area contributed by atoms with Gasteiger partial charge in [0.2, 0.25) is 5.95 Å². The van der Waals surface area contributed by atoms with Gasteiger partial charge in [0.1, 0.15) is 5.82 Å². The minimum atomic E-state index is -2.44. The Morgan fingerprint density at radius 1 is 1.44 bits per heavy atom. The first kappa shape index (κ1) is 12.6. The standard InChI is InChI=1S/C8H11N5O4S/c1-17-8-10-5(4-2-3-4)9-6(12-8)11-7(14)13-18(15)16/h4H,2-3H2,1H3,(H,15,16)(H2,9,10,11,12,13,14). The number of amides is 2. The van der Waals surface area contributed by atoms with Crippen LogP contribution in [-0.4, -0.2) is 36.9 Å². The van der Waals surface area contributed by atoms with E-state index < -0.39 is 17.3 Å². The van der Waals surface area contributed by atoms with Gasteiger partial charge in [-0.2, -0.15) is 15.0 Å². The summed E-state index contributed by atoms with van der Waals surface area (Å²) in [5.74, 6) is 0.784. The highest BCUT2D eigenvalue weighted by Gasteiger charge is 2.28. The fourth-order valence-corrected chi connectivity index (χ4v) is 1.46. The summed E-state index contributed by atoms with van der Waals surface area (Å²) in [6, 6.07) is -0.793. The van der Waals surface area contributed by atoms with Gasteiger partial charge >= 0.3 is 12.0 Å². The predicted octanol–water partition coefficient (Wildman–Crippen LogP) is 0.0158. The lowest BCUT2D eigenvalue weighted by Crippen LogP contribution is -2.30. The largest absolute Gasteiger partial charge is 0.467 e. The van der Waals surface area contributed by atoms with Gasteiger partial charge in [0, 0.05) is 5.92 Å². The molecule has 2 amide bonds. The molecule has 3 N–H and O–H groups in total. The Balaban J connectivity index is 2.13. The average molecular weight is 273 g/mol. The fourth-order valence-electron chi connectivity index (χ4n) is 1.25. The maximum absolute atomic E-state index is 11.2. The molecule has 98 valence electrons.